The van der Waals surface area contributed by atoms with Crippen molar-refractivity contribution in [2.45, 2.75) is 89.4 Å². The summed E-state index contributed by atoms with van der Waals surface area (Å²) in [6.07, 6.45) is -0.302. The Kier molecular flexibility index (Phi) is 9.48. The van der Waals surface area contributed by atoms with Crippen LogP contribution in [0.4, 0.5) is 0 Å². The van der Waals surface area contributed by atoms with Gasteiger partial charge < -0.3 is 19.3 Å². The van der Waals surface area contributed by atoms with Crippen LogP contribution in [0.2, 0.25) is 0 Å². The molecular weight excluding hydrogens is 560 g/mol. The molecule has 0 unspecified atom stereocenters. The van der Waals surface area contributed by atoms with Crippen LogP contribution in [0.15, 0.2) is 58.5 Å². The molecule has 1 saturated carbocycles. The molecule has 10 nitrogen and oxygen atoms in total. The molecule has 0 aromatic heterocycles. The average Bonchev–Trinajstić information content (AvgIpc) is 2.84. The van der Waals surface area contributed by atoms with Gasteiger partial charge in [0, 0.05) is 12.3 Å². The second kappa shape index (κ2) is 12.0. The van der Waals surface area contributed by atoms with E-state index in [0.29, 0.717) is 11.3 Å². The molecule has 3 rings (SSSR count). The number of nitrogens with one attached hydrogen (secondary N) is 1. The lowest BCUT2D eigenvalue weighted by atomic mass is 9.61. The Labute approximate surface area is 248 Å². The maximum atomic E-state index is 13.9. The molecule has 11 heteroatoms. The van der Waals surface area contributed by atoms with E-state index in [9.17, 15) is 23.1 Å². The normalized spacial score (nSPS) is 24.1. The number of esters is 2. The number of hydrazone groups is 1. The molecule has 230 valence electrons. The highest BCUT2D eigenvalue weighted by molar-refractivity contribution is 7.89. The molecule has 0 saturated heterocycles. The van der Waals surface area contributed by atoms with Crippen molar-refractivity contribution < 1.29 is 37.3 Å². The van der Waals surface area contributed by atoms with Gasteiger partial charge in [-0.05, 0) is 85.2 Å². The van der Waals surface area contributed by atoms with Crippen molar-refractivity contribution in [2.24, 2.45) is 16.9 Å². The minimum Gasteiger partial charge on any atom is -0.497 e. The lowest BCUT2D eigenvalue weighted by Crippen LogP contribution is -2.56. The molecule has 0 heterocycles. The van der Waals surface area contributed by atoms with Crippen LogP contribution in [0, 0.1) is 18.8 Å². The van der Waals surface area contributed by atoms with E-state index in [1.54, 1.807) is 77.9 Å². The minimum absolute atomic E-state index is 0.0190. The number of benzene rings is 2. The van der Waals surface area contributed by atoms with Gasteiger partial charge in [0.25, 0.3) is 10.0 Å². The molecule has 42 heavy (non-hydrogen) atoms. The van der Waals surface area contributed by atoms with Gasteiger partial charge in [0.15, 0.2) is 0 Å². The molecule has 2 N–H and O–H groups in total. The maximum Gasteiger partial charge on any atom is 0.315 e. The molecule has 0 amide bonds. The summed E-state index contributed by atoms with van der Waals surface area (Å²) >= 11 is 0. The summed E-state index contributed by atoms with van der Waals surface area (Å²) in [7, 11) is -2.61. The monoisotopic (exact) mass is 602 g/mol. The van der Waals surface area contributed by atoms with Crippen molar-refractivity contribution in [3.8, 4) is 5.75 Å². The highest BCUT2D eigenvalue weighted by atomic mass is 32.2. The van der Waals surface area contributed by atoms with Gasteiger partial charge in [0.2, 0.25) is 0 Å². The number of ether oxygens (including phenoxy) is 3. The van der Waals surface area contributed by atoms with Crippen molar-refractivity contribution >= 4 is 27.7 Å². The standard InChI is InChI=1S/C31H42N2O8S/c1-19-10-16-22(17-11-19)42(37,38)33-32-23-18-31(8,36)26(28(35)41-30(5,6)7)24(20-12-14-21(39-9)15-13-20)25(23)27(34)40-29(2,3)4/h10-17,24-26,33,36H,18H2,1-9H3/b32-23-/t24-,25-,26-,31-/m1/s1. The summed E-state index contributed by atoms with van der Waals surface area (Å²) in [5.74, 6) is -4.37. The Morgan fingerprint density at radius 2 is 1.45 bits per heavy atom. The molecule has 0 bridgehead atoms. The third kappa shape index (κ3) is 8.10. The number of rotatable bonds is 7. The molecule has 1 aliphatic rings. The van der Waals surface area contributed by atoms with Gasteiger partial charge in [-0.15, -0.1) is 0 Å². The molecule has 2 aromatic carbocycles. The Morgan fingerprint density at radius 1 is 0.929 bits per heavy atom. The predicted octanol–water partition coefficient (Wildman–Crippen LogP) is 4.49. The van der Waals surface area contributed by atoms with E-state index in [1.807, 2.05) is 6.92 Å². The van der Waals surface area contributed by atoms with Crippen molar-refractivity contribution in [1.82, 2.24) is 4.83 Å². The van der Waals surface area contributed by atoms with Gasteiger partial charge in [-0.1, -0.05) is 29.8 Å². The number of aliphatic hydroxyl groups is 1. The van der Waals surface area contributed by atoms with E-state index < -0.39 is 56.5 Å². The summed E-state index contributed by atoms with van der Waals surface area (Å²) < 4.78 is 43.0. The SMILES string of the molecule is COc1ccc([C@@H]2[C@H](C(=O)OC(C)(C)C)/C(=N\NS(=O)(=O)c3ccc(C)cc3)C[C@@](C)(O)[C@H]2C(=O)OC(C)(C)C)cc1. The molecule has 1 fully saturated rings. The Bertz CT molecular complexity index is 1420. The maximum absolute atomic E-state index is 13.9. The fourth-order valence-electron chi connectivity index (χ4n) is 5.00. The van der Waals surface area contributed by atoms with Crippen molar-refractivity contribution in [1.29, 1.82) is 0 Å². The van der Waals surface area contributed by atoms with Gasteiger partial charge in [0.05, 0.1) is 29.2 Å². The first-order valence-corrected chi connectivity index (χ1v) is 15.2. The van der Waals surface area contributed by atoms with Gasteiger partial charge in [-0.3, -0.25) is 9.59 Å². The summed E-state index contributed by atoms with van der Waals surface area (Å²) in [4.78, 5) is 29.8. The number of carbonyl (C=O) groups is 2. The first-order valence-electron chi connectivity index (χ1n) is 13.7. The lowest BCUT2D eigenvalue weighted by molar-refractivity contribution is -0.175. The molecule has 1 aliphatic carbocycles. The zero-order chi connectivity index (χ0) is 31.7. The quantitative estimate of drug-likeness (QED) is 0.349. The fourth-order valence-corrected chi connectivity index (χ4v) is 5.83. The molecule has 4 atom stereocenters. The van der Waals surface area contributed by atoms with Crippen LogP contribution in [-0.2, 0) is 29.1 Å². The molecule has 2 aromatic rings. The van der Waals surface area contributed by atoms with Crippen LogP contribution in [0.5, 0.6) is 5.75 Å². The smallest absolute Gasteiger partial charge is 0.315 e. The van der Waals surface area contributed by atoms with Crippen LogP contribution in [0.3, 0.4) is 0 Å². The van der Waals surface area contributed by atoms with E-state index in [0.717, 1.165) is 5.56 Å². The number of hydrogen-bond acceptors (Lipinski definition) is 9. The second-order valence-electron chi connectivity index (χ2n) is 12.9. The number of nitrogens with zero attached hydrogens (tertiary/aromatic N) is 1. The average molecular weight is 603 g/mol. The van der Waals surface area contributed by atoms with E-state index in [2.05, 4.69) is 9.93 Å². The van der Waals surface area contributed by atoms with Crippen LogP contribution in [0.25, 0.3) is 0 Å². The number of aryl methyl sites for hydroxylation is 1. The molecule has 0 aliphatic heterocycles. The zero-order valence-corrected chi connectivity index (χ0v) is 26.5. The van der Waals surface area contributed by atoms with E-state index in [-0.39, 0.29) is 17.0 Å². The third-order valence-electron chi connectivity index (χ3n) is 6.75. The van der Waals surface area contributed by atoms with Gasteiger partial charge in [0.1, 0.15) is 22.9 Å². The lowest BCUT2D eigenvalue weighted by Gasteiger charge is -2.46. The number of methoxy groups -OCH3 is 1. The summed E-state index contributed by atoms with van der Waals surface area (Å²) in [5, 5.41) is 16.0. The Hall–Kier alpha value is -3.44. The number of hydrogen-bond donors (Lipinski definition) is 2. The minimum atomic E-state index is -4.12. The molecular formula is C31H42N2O8S. The van der Waals surface area contributed by atoms with Crippen LogP contribution in [0.1, 0.15) is 71.9 Å². The fraction of sp³-hybridized carbons (Fsp3) is 0.516. The predicted molar refractivity (Wildman–Crippen MR) is 159 cm³/mol. The van der Waals surface area contributed by atoms with Crippen LogP contribution >= 0.6 is 0 Å². The number of sulfonamides is 1. The van der Waals surface area contributed by atoms with Crippen molar-refractivity contribution in [2.75, 3.05) is 7.11 Å². The van der Waals surface area contributed by atoms with E-state index >= 15 is 0 Å². The first kappa shape index (κ1) is 33.1. The summed E-state index contributed by atoms with van der Waals surface area (Å²) in [6.45, 7) is 13.5. The van der Waals surface area contributed by atoms with Crippen molar-refractivity contribution in [3.05, 3.63) is 59.7 Å². The van der Waals surface area contributed by atoms with E-state index in [1.165, 1.54) is 26.2 Å². The first-order chi connectivity index (χ1) is 19.2. The third-order valence-corrected chi connectivity index (χ3v) is 7.97. The van der Waals surface area contributed by atoms with Crippen LogP contribution < -0.4 is 9.57 Å². The molecule has 0 spiro atoms. The Balaban J connectivity index is 2.22. The number of carbonyl (C=O) groups excluding carboxylic acids is 2. The van der Waals surface area contributed by atoms with E-state index in [4.69, 9.17) is 14.2 Å². The highest BCUT2D eigenvalue weighted by Gasteiger charge is 2.57. The highest BCUT2D eigenvalue weighted by Crippen LogP contribution is 2.48. The largest absolute Gasteiger partial charge is 0.497 e. The Morgan fingerprint density at radius 3 is 1.95 bits per heavy atom. The topological polar surface area (TPSA) is 141 Å². The molecule has 0 radical (unpaired) electrons. The van der Waals surface area contributed by atoms with Gasteiger partial charge >= 0.3 is 11.9 Å². The van der Waals surface area contributed by atoms with Crippen LogP contribution in [-0.4, -0.2) is 55.1 Å². The zero-order valence-electron chi connectivity index (χ0n) is 25.7. The van der Waals surface area contributed by atoms with Gasteiger partial charge in [-0.2, -0.15) is 13.5 Å². The summed E-state index contributed by atoms with van der Waals surface area (Å²) in [6, 6.07) is 12.9. The van der Waals surface area contributed by atoms with Gasteiger partial charge in [-0.25, -0.2) is 4.83 Å². The summed E-state index contributed by atoms with van der Waals surface area (Å²) in [5.41, 5.74) is -2.15. The second-order valence-corrected chi connectivity index (χ2v) is 14.5. The van der Waals surface area contributed by atoms with Crippen molar-refractivity contribution in [3.63, 3.8) is 0 Å².